The molecule has 3 N–H and O–H groups in total. The maximum Gasteiger partial charge on any atom is 0.358 e. The van der Waals surface area contributed by atoms with Crippen LogP contribution in [0.5, 0.6) is 0 Å². The zero-order valence-corrected chi connectivity index (χ0v) is 10.4. The number of carbonyl (C=O) groups is 1. The van der Waals surface area contributed by atoms with Crippen LogP contribution in [0.1, 0.15) is 35.4 Å². The van der Waals surface area contributed by atoms with Crippen LogP contribution in [0.3, 0.4) is 0 Å². The topological polar surface area (TPSA) is 97.3 Å². The van der Waals surface area contributed by atoms with Crippen LogP contribution in [0.25, 0.3) is 0 Å². The fraction of sp³-hybridized carbons (Fsp3) is 0.727. The van der Waals surface area contributed by atoms with Gasteiger partial charge < -0.3 is 15.7 Å². The Morgan fingerprint density at radius 1 is 1.33 bits per heavy atom. The van der Waals surface area contributed by atoms with Gasteiger partial charge in [0, 0.05) is 13.1 Å². The molecule has 7 heteroatoms. The van der Waals surface area contributed by atoms with Crippen molar-refractivity contribution < 1.29 is 9.90 Å². The molecule has 0 unspecified atom stereocenters. The molecule has 0 aromatic carbocycles. The number of nitrogens with zero attached hydrogens (tertiary/aromatic N) is 4. The Morgan fingerprint density at radius 3 is 2.67 bits per heavy atom. The molecular formula is C11H19N5O2. The molecule has 1 saturated heterocycles. The second kappa shape index (κ2) is 5.92. The number of hydrogen-bond donors (Lipinski definition) is 2. The van der Waals surface area contributed by atoms with Gasteiger partial charge in [-0.25, -0.2) is 9.48 Å². The molecule has 1 aromatic heterocycles. The van der Waals surface area contributed by atoms with Crippen LogP contribution in [0.4, 0.5) is 0 Å². The second-order valence-electron chi connectivity index (χ2n) is 4.52. The molecule has 7 nitrogen and oxygen atoms in total. The number of likely N-dealkylation sites (tertiary alicyclic amines) is 1. The van der Waals surface area contributed by atoms with Gasteiger partial charge in [0.1, 0.15) is 0 Å². The summed E-state index contributed by atoms with van der Waals surface area (Å²) in [4.78, 5) is 13.3. The van der Waals surface area contributed by atoms with E-state index in [-0.39, 0.29) is 12.2 Å². The van der Waals surface area contributed by atoms with Crippen LogP contribution in [0.15, 0.2) is 0 Å². The largest absolute Gasteiger partial charge is 0.476 e. The lowest BCUT2D eigenvalue weighted by Crippen LogP contribution is -2.22. The van der Waals surface area contributed by atoms with Gasteiger partial charge in [0.05, 0.1) is 5.69 Å². The van der Waals surface area contributed by atoms with Crippen molar-refractivity contribution in [3.05, 3.63) is 11.4 Å². The molecule has 0 amide bonds. The van der Waals surface area contributed by atoms with Gasteiger partial charge in [-0.1, -0.05) is 5.21 Å². The van der Waals surface area contributed by atoms with E-state index in [0.717, 1.165) is 13.0 Å². The van der Waals surface area contributed by atoms with Crippen LogP contribution < -0.4 is 5.73 Å². The van der Waals surface area contributed by atoms with E-state index in [4.69, 9.17) is 10.8 Å². The zero-order chi connectivity index (χ0) is 13.0. The van der Waals surface area contributed by atoms with E-state index >= 15 is 0 Å². The van der Waals surface area contributed by atoms with Crippen molar-refractivity contribution in [1.29, 1.82) is 0 Å². The first kappa shape index (κ1) is 13.0. The molecule has 100 valence electrons. The van der Waals surface area contributed by atoms with E-state index in [1.165, 1.54) is 25.9 Å². The Morgan fingerprint density at radius 2 is 2.06 bits per heavy atom. The number of rotatable bonds is 6. The van der Waals surface area contributed by atoms with Crippen molar-refractivity contribution in [2.24, 2.45) is 5.73 Å². The Bertz CT molecular complexity index is 412. The summed E-state index contributed by atoms with van der Waals surface area (Å²) in [6.45, 7) is 4.18. The standard InChI is InChI=1S/C11H19N5O2/c12-8-9-10(11(17)18)13-14-16(9)7-3-6-15-4-1-2-5-15/h1-8,12H2,(H,17,18). The third-order valence-corrected chi connectivity index (χ3v) is 3.28. The molecule has 1 aliphatic rings. The number of aryl methyl sites for hydroxylation is 1. The maximum atomic E-state index is 10.9. The molecular weight excluding hydrogens is 234 g/mol. The van der Waals surface area contributed by atoms with Gasteiger partial charge in [0.2, 0.25) is 0 Å². The minimum Gasteiger partial charge on any atom is -0.476 e. The van der Waals surface area contributed by atoms with Crippen molar-refractivity contribution in [1.82, 2.24) is 19.9 Å². The van der Waals surface area contributed by atoms with Crippen LogP contribution in [-0.4, -0.2) is 50.6 Å². The Labute approximate surface area is 106 Å². The molecule has 0 spiro atoms. The van der Waals surface area contributed by atoms with E-state index in [2.05, 4.69) is 15.2 Å². The lowest BCUT2D eigenvalue weighted by Gasteiger charge is -2.14. The first-order valence-electron chi connectivity index (χ1n) is 6.30. The summed E-state index contributed by atoms with van der Waals surface area (Å²) in [5, 5.41) is 16.4. The summed E-state index contributed by atoms with van der Waals surface area (Å²) in [6, 6.07) is 0. The van der Waals surface area contributed by atoms with Crippen molar-refractivity contribution in [3.63, 3.8) is 0 Å². The lowest BCUT2D eigenvalue weighted by molar-refractivity contribution is 0.0689. The van der Waals surface area contributed by atoms with Crippen molar-refractivity contribution in [2.75, 3.05) is 19.6 Å². The van der Waals surface area contributed by atoms with E-state index in [9.17, 15) is 4.79 Å². The summed E-state index contributed by atoms with van der Waals surface area (Å²) in [5.41, 5.74) is 6.03. The minimum absolute atomic E-state index is 0.0290. The molecule has 0 saturated carbocycles. The molecule has 0 radical (unpaired) electrons. The van der Waals surface area contributed by atoms with Crippen LogP contribution in [0, 0.1) is 0 Å². The zero-order valence-electron chi connectivity index (χ0n) is 10.4. The second-order valence-corrected chi connectivity index (χ2v) is 4.52. The van der Waals surface area contributed by atoms with Gasteiger partial charge in [0.15, 0.2) is 5.69 Å². The monoisotopic (exact) mass is 253 g/mol. The third-order valence-electron chi connectivity index (χ3n) is 3.28. The van der Waals surface area contributed by atoms with Gasteiger partial charge >= 0.3 is 5.97 Å². The number of carboxylic acids is 1. The van der Waals surface area contributed by atoms with Gasteiger partial charge in [-0.15, -0.1) is 5.10 Å². The number of hydrogen-bond acceptors (Lipinski definition) is 5. The highest BCUT2D eigenvalue weighted by molar-refractivity contribution is 5.86. The SMILES string of the molecule is NCc1c(C(=O)O)nnn1CCCN1CCCC1. The molecule has 0 bridgehead atoms. The smallest absolute Gasteiger partial charge is 0.358 e. The summed E-state index contributed by atoms with van der Waals surface area (Å²) in [6.07, 6.45) is 3.50. The van der Waals surface area contributed by atoms with Gasteiger partial charge in [-0.05, 0) is 38.9 Å². The third kappa shape index (κ3) is 2.85. The minimum atomic E-state index is -1.07. The normalized spacial score (nSPS) is 16.3. The fourth-order valence-corrected chi connectivity index (χ4v) is 2.33. The Hall–Kier alpha value is -1.47. The highest BCUT2D eigenvalue weighted by atomic mass is 16.4. The van der Waals surface area contributed by atoms with Crippen molar-refractivity contribution >= 4 is 5.97 Å². The summed E-state index contributed by atoms with van der Waals surface area (Å²) >= 11 is 0. The molecule has 1 aliphatic heterocycles. The average molecular weight is 253 g/mol. The molecule has 18 heavy (non-hydrogen) atoms. The quantitative estimate of drug-likeness (QED) is 0.736. The molecule has 1 fully saturated rings. The van der Waals surface area contributed by atoms with Gasteiger partial charge in [0.25, 0.3) is 0 Å². The first-order valence-corrected chi connectivity index (χ1v) is 6.30. The van der Waals surface area contributed by atoms with E-state index < -0.39 is 5.97 Å². The fourth-order valence-electron chi connectivity index (χ4n) is 2.33. The maximum absolute atomic E-state index is 10.9. The summed E-state index contributed by atoms with van der Waals surface area (Å²) in [7, 11) is 0. The first-order chi connectivity index (χ1) is 8.72. The summed E-state index contributed by atoms with van der Waals surface area (Å²) in [5.74, 6) is -1.07. The van der Waals surface area contributed by atoms with Crippen molar-refractivity contribution in [3.8, 4) is 0 Å². The van der Waals surface area contributed by atoms with Gasteiger partial charge in [-0.2, -0.15) is 0 Å². The number of carboxylic acid groups (broad SMARTS) is 1. The number of nitrogens with two attached hydrogens (primary N) is 1. The van der Waals surface area contributed by atoms with E-state index in [0.29, 0.717) is 12.2 Å². The van der Waals surface area contributed by atoms with Crippen LogP contribution in [-0.2, 0) is 13.1 Å². The number of aromatic nitrogens is 3. The predicted octanol–water partition coefficient (Wildman–Crippen LogP) is -0.0791. The lowest BCUT2D eigenvalue weighted by atomic mass is 10.3. The molecule has 0 atom stereocenters. The predicted molar refractivity (Wildman–Crippen MR) is 65.2 cm³/mol. The molecule has 2 heterocycles. The van der Waals surface area contributed by atoms with E-state index in [1.807, 2.05) is 0 Å². The highest BCUT2D eigenvalue weighted by Crippen LogP contribution is 2.09. The molecule has 0 aliphatic carbocycles. The van der Waals surface area contributed by atoms with Crippen LogP contribution >= 0.6 is 0 Å². The van der Waals surface area contributed by atoms with Crippen LogP contribution in [0.2, 0.25) is 0 Å². The van der Waals surface area contributed by atoms with E-state index in [1.54, 1.807) is 4.68 Å². The van der Waals surface area contributed by atoms with Gasteiger partial charge in [-0.3, -0.25) is 0 Å². The number of aromatic carboxylic acids is 1. The Kier molecular flexibility index (Phi) is 4.27. The average Bonchev–Trinajstić information content (AvgIpc) is 2.97. The molecule has 2 rings (SSSR count). The summed E-state index contributed by atoms with van der Waals surface area (Å²) < 4.78 is 1.61. The molecule has 1 aromatic rings. The highest BCUT2D eigenvalue weighted by Gasteiger charge is 2.17. The van der Waals surface area contributed by atoms with Crippen molar-refractivity contribution in [2.45, 2.75) is 32.4 Å². The Balaban J connectivity index is 1.90.